The van der Waals surface area contributed by atoms with Crippen LogP contribution in [0.25, 0.3) is 10.9 Å². The number of hydrogen-bond donors (Lipinski definition) is 4. The molecule has 0 fully saturated rings. The molecule has 4 N–H and O–H groups in total. The van der Waals surface area contributed by atoms with Crippen LogP contribution in [0, 0.1) is 5.41 Å². The Balaban J connectivity index is 1.88. The highest BCUT2D eigenvalue weighted by atomic mass is 16.2. The molecule has 1 heterocycles. The molecule has 0 bridgehead atoms. The van der Waals surface area contributed by atoms with Gasteiger partial charge in [0, 0.05) is 48.7 Å². The van der Waals surface area contributed by atoms with E-state index in [2.05, 4.69) is 57.2 Å². The number of nitrogens with zero attached hydrogens (tertiary/aromatic N) is 1. The molecule has 1 aromatic carbocycles. The van der Waals surface area contributed by atoms with Crippen LogP contribution >= 0.6 is 0 Å². The molecule has 2 rings (SSSR count). The number of nitrogens with one attached hydrogen (secondary N) is 4. The van der Waals surface area contributed by atoms with Crippen LogP contribution in [0.1, 0.15) is 45.7 Å². The lowest BCUT2D eigenvalue weighted by Gasteiger charge is -2.18. The molecule has 6 heteroatoms. The number of guanidine groups is 1. The van der Waals surface area contributed by atoms with E-state index < -0.39 is 0 Å². The summed E-state index contributed by atoms with van der Waals surface area (Å²) in [4.78, 5) is 20.0. The van der Waals surface area contributed by atoms with Crippen molar-refractivity contribution in [1.29, 1.82) is 0 Å². The molecule has 2 aromatic rings. The van der Waals surface area contributed by atoms with E-state index in [-0.39, 0.29) is 11.3 Å². The number of H-pyrrole nitrogens is 1. The van der Waals surface area contributed by atoms with Crippen molar-refractivity contribution in [2.45, 2.75) is 47.5 Å². The maximum Gasteiger partial charge on any atom is 0.225 e. The second-order valence-electron chi connectivity index (χ2n) is 7.95. The quantitative estimate of drug-likeness (QED) is 0.320. The summed E-state index contributed by atoms with van der Waals surface area (Å²) in [7, 11) is 0. The zero-order valence-electron chi connectivity index (χ0n) is 17.9. The van der Waals surface area contributed by atoms with Crippen molar-refractivity contribution < 1.29 is 4.79 Å². The molecule has 0 aliphatic rings. The van der Waals surface area contributed by atoms with Crippen LogP contribution in [0.5, 0.6) is 0 Å². The van der Waals surface area contributed by atoms with Crippen LogP contribution < -0.4 is 16.0 Å². The minimum Gasteiger partial charge on any atom is -0.361 e. The van der Waals surface area contributed by atoms with Crippen LogP contribution in [-0.2, 0) is 17.6 Å². The van der Waals surface area contributed by atoms with Gasteiger partial charge in [0.25, 0.3) is 0 Å². The summed E-state index contributed by atoms with van der Waals surface area (Å²) in [5.74, 6) is 0.837. The van der Waals surface area contributed by atoms with E-state index in [1.807, 2.05) is 27.7 Å². The van der Waals surface area contributed by atoms with Crippen molar-refractivity contribution in [2.75, 3.05) is 26.2 Å². The zero-order chi connectivity index (χ0) is 20.6. The van der Waals surface area contributed by atoms with Gasteiger partial charge in [0.1, 0.15) is 0 Å². The second kappa shape index (κ2) is 10.2. The molecular formula is C22H35N5O. The van der Waals surface area contributed by atoms with Gasteiger partial charge < -0.3 is 20.9 Å². The van der Waals surface area contributed by atoms with Gasteiger partial charge in [0.05, 0.1) is 0 Å². The van der Waals surface area contributed by atoms with E-state index in [1.54, 1.807) is 0 Å². The minimum absolute atomic E-state index is 0.0574. The number of rotatable bonds is 8. The minimum atomic E-state index is -0.366. The van der Waals surface area contributed by atoms with Crippen LogP contribution in [-0.4, -0.2) is 43.0 Å². The van der Waals surface area contributed by atoms with Gasteiger partial charge in [-0.05, 0) is 30.9 Å². The van der Waals surface area contributed by atoms with Gasteiger partial charge in [-0.15, -0.1) is 0 Å². The summed E-state index contributed by atoms with van der Waals surface area (Å²) in [6, 6.07) is 6.47. The number of aliphatic imine (C=N–C) groups is 1. The Kier molecular flexibility index (Phi) is 7.91. The molecule has 0 radical (unpaired) electrons. The van der Waals surface area contributed by atoms with E-state index in [9.17, 15) is 4.79 Å². The lowest BCUT2D eigenvalue weighted by atomic mass is 9.96. The summed E-state index contributed by atoms with van der Waals surface area (Å²) < 4.78 is 0. The van der Waals surface area contributed by atoms with Crippen LogP contribution in [0.3, 0.4) is 0 Å². The maximum absolute atomic E-state index is 11.9. The highest BCUT2D eigenvalue weighted by Gasteiger charge is 2.20. The van der Waals surface area contributed by atoms with Crippen molar-refractivity contribution in [1.82, 2.24) is 20.9 Å². The molecule has 0 saturated heterocycles. The molecule has 0 atom stereocenters. The van der Waals surface area contributed by atoms with Crippen molar-refractivity contribution in [3.8, 4) is 0 Å². The Hall–Kier alpha value is -2.50. The van der Waals surface area contributed by atoms with E-state index in [0.717, 1.165) is 25.3 Å². The fraction of sp³-hybridized carbons (Fsp3) is 0.545. The fourth-order valence-electron chi connectivity index (χ4n) is 3.03. The van der Waals surface area contributed by atoms with Gasteiger partial charge in [-0.25, -0.2) is 0 Å². The number of carbonyl (C=O) groups excluding carboxylic acids is 1. The lowest BCUT2D eigenvalue weighted by molar-refractivity contribution is -0.128. The number of amides is 1. The van der Waals surface area contributed by atoms with E-state index in [4.69, 9.17) is 0 Å². The predicted molar refractivity (Wildman–Crippen MR) is 118 cm³/mol. The Labute approximate surface area is 168 Å². The number of benzene rings is 1. The van der Waals surface area contributed by atoms with Crippen molar-refractivity contribution >= 4 is 22.8 Å². The number of carbonyl (C=O) groups is 1. The van der Waals surface area contributed by atoms with Crippen molar-refractivity contribution in [3.63, 3.8) is 0 Å². The van der Waals surface area contributed by atoms with Gasteiger partial charge in [0.2, 0.25) is 5.91 Å². The first-order chi connectivity index (χ1) is 13.4. The van der Waals surface area contributed by atoms with Gasteiger partial charge in [0.15, 0.2) is 5.96 Å². The third-order valence-electron chi connectivity index (χ3n) is 4.65. The Morgan fingerprint density at radius 1 is 1.07 bits per heavy atom. The first-order valence-electron chi connectivity index (χ1n) is 10.2. The van der Waals surface area contributed by atoms with Crippen LogP contribution in [0.15, 0.2) is 29.4 Å². The lowest BCUT2D eigenvalue weighted by Crippen LogP contribution is -2.43. The Morgan fingerprint density at radius 3 is 2.50 bits per heavy atom. The molecule has 0 aliphatic heterocycles. The highest BCUT2D eigenvalue weighted by molar-refractivity contribution is 5.86. The van der Waals surface area contributed by atoms with E-state index in [0.29, 0.717) is 19.6 Å². The van der Waals surface area contributed by atoms with Gasteiger partial charge >= 0.3 is 0 Å². The first-order valence-corrected chi connectivity index (χ1v) is 10.2. The summed E-state index contributed by atoms with van der Waals surface area (Å²) in [5.41, 5.74) is 3.51. The smallest absolute Gasteiger partial charge is 0.225 e. The SMILES string of the molecule is CCNC(=NCCc1c[nH]c2c(CC)cccc12)NCCNC(=O)C(C)(C)C. The highest BCUT2D eigenvalue weighted by Crippen LogP contribution is 2.22. The average molecular weight is 386 g/mol. The van der Waals surface area contributed by atoms with Crippen molar-refractivity contribution in [2.24, 2.45) is 10.4 Å². The Bertz CT molecular complexity index is 801. The largest absolute Gasteiger partial charge is 0.361 e. The molecule has 0 spiro atoms. The number of aromatic amines is 1. The predicted octanol–water partition coefficient (Wildman–Crippen LogP) is 2.99. The van der Waals surface area contributed by atoms with Gasteiger partial charge in [-0.2, -0.15) is 0 Å². The second-order valence-corrected chi connectivity index (χ2v) is 7.95. The maximum atomic E-state index is 11.9. The number of hydrogen-bond acceptors (Lipinski definition) is 2. The molecule has 28 heavy (non-hydrogen) atoms. The Morgan fingerprint density at radius 2 is 1.82 bits per heavy atom. The van der Waals surface area contributed by atoms with Crippen molar-refractivity contribution in [3.05, 3.63) is 35.5 Å². The van der Waals surface area contributed by atoms with Gasteiger partial charge in [-0.3, -0.25) is 9.79 Å². The average Bonchev–Trinajstić information content (AvgIpc) is 3.07. The zero-order valence-corrected chi connectivity index (χ0v) is 17.9. The molecule has 154 valence electrons. The number of fused-ring (bicyclic) bond motifs is 1. The first kappa shape index (κ1) is 21.8. The monoisotopic (exact) mass is 385 g/mol. The standard InChI is InChI=1S/C22H35N5O/c1-6-16-9-8-10-18-17(15-27-19(16)18)11-12-25-21(23-7-2)26-14-13-24-20(28)22(3,4)5/h8-10,15,27H,6-7,11-14H2,1-5H3,(H,24,28)(H2,23,25,26). The molecule has 0 unspecified atom stereocenters. The molecule has 1 amide bonds. The molecule has 0 saturated carbocycles. The molecule has 1 aromatic heterocycles. The summed E-state index contributed by atoms with van der Waals surface area (Å²) in [6.07, 6.45) is 4.00. The number of aryl methyl sites for hydroxylation is 1. The van der Waals surface area contributed by atoms with Crippen LogP contribution in [0.4, 0.5) is 0 Å². The van der Waals surface area contributed by atoms with Crippen LogP contribution in [0.2, 0.25) is 0 Å². The van der Waals surface area contributed by atoms with Gasteiger partial charge in [-0.1, -0.05) is 45.9 Å². The summed E-state index contributed by atoms with van der Waals surface area (Å²) >= 11 is 0. The third kappa shape index (κ3) is 6.01. The molecule has 0 aliphatic carbocycles. The number of para-hydroxylation sites is 1. The topological polar surface area (TPSA) is 81.3 Å². The summed E-state index contributed by atoms with van der Waals surface area (Å²) in [6.45, 7) is 12.7. The molecule has 6 nitrogen and oxygen atoms in total. The van der Waals surface area contributed by atoms with E-state index in [1.165, 1.54) is 22.0 Å². The summed E-state index contributed by atoms with van der Waals surface area (Å²) in [5, 5.41) is 10.8. The van der Waals surface area contributed by atoms with E-state index >= 15 is 0 Å². The third-order valence-corrected chi connectivity index (χ3v) is 4.65. The molecular weight excluding hydrogens is 350 g/mol. The fourth-order valence-corrected chi connectivity index (χ4v) is 3.03. The number of aromatic nitrogens is 1. The normalized spacial score (nSPS) is 12.2.